The molecular formula is C26H28O6. The van der Waals surface area contributed by atoms with E-state index in [1.54, 1.807) is 52.7 Å². The van der Waals surface area contributed by atoms with Crippen molar-refractivity contribution in [2.45, 2.75) is 19.3 Å². The van der Waals surface area contributed by atoms with Gasteiger partial charge in [0.05, 0.1) is 34.4 Å². The van der Waals surface area contributed by atoms with Gasteiger partial charge in [-0.3, -0.25) is 9.59 Å². The van der Waals surface area contributed by atoms with Gasteiger partial charge in [-0.2, -0.15) is 0 Å². The molecule has 2 aromatic carbocycles. The van der Waals surface area contributed by atoms with Crippen molar-refractivity contribution in [1.82, 2.24) is 0 Å². The number of carbonyl (C=O) groups is 2. The summed E-state index contributed by atoms with van der Waals surface area (Å²) >= 11 is 0. The van der Waals surface area contributed by atoms with E-state index in [0.717, 1.165) is 17.5 Å². The second-order valence-electron chi connectivity index (χ2n) is 7.44. The fourth-order valence-corrected chi connectivity index (χ4v) is 3.78. The molecule has 0 N–H and O–H groups in total. The smallest absolute Gasteiger partial charge is 0.169 e. The number of allylic oxidation sites excluding steroid dienone is 2. The molecule has 0 bridgehead atoms. The van der Waals surface area contributed by atoms with E-state index < -0.39 is 5.92 Å². The lowest BCUT2D eigenvalue weighted by Gasteiger charge is -2.21. The number of ether oxygens (including phenoxy) is 4. The lowest BCUT2D eigenvalue weighted by atomic mass is 9.81. The maximum Gasteiger partial charge on any atom is 0.169 e. The molecule has 0 spiro atoms. The van der Waals surface area contributed by atoms with Crippen molar-refractivity contribution in [3.05, 3.63) is 59.2 Å². The van der Waals surface area contributed by atoms with E-state index in [9.17, 15) is 9.59 Å². The normalized spacial score (nSPS) is 17.4. The number of ketones is 2. The van der Waals surface area contributed by atoms with Gasteiger partial charge in [-0.1, -0.05) is 18.2 Å². The van der Waals surface area contributed by atoms with E-state index in [1.807, 2.05) is 24.3 Å². The average molecular weight is 437 g/mol. The molecule has 0 amide bonds. The fraction of sp³-hybridized carbons (Fsp3) is 0.308. The molecular weight excluding hydrogens is 408 g/mol. The van der Waals surface area contributed by atoms with Gasteiger partial charge < -0.3 is 18.9 Å². The van der Waals surface area contributed by atoms with Crippen molar-refractivity contribution in [1.29, 1.82) is 0 Å². The highest BCUT2D eigenvalue weighted by Crippen LogP contribution is 2.32. The Labute approximate surface area is 188 Å². The van der Waals surface area contributed by atoms with Gasteiger partial charge in [0.1, 0.15) is 0 Å². The molecule has 2 aromatic rings. The minimum Gasteiger partial charge on any atom is -0.493 e. The molecule has 3 rings (SSSR count). The van der Waals surface area contributed by atoms with Crippen LogP contribution in [0.3, 0.4) is 0 Å². The zero-order chi connectivity index (χ0) is 23.1. The van der Waals surface area contributed by atoms with Crippen LogP contribution >= 0.6 is 0 Å². The number of methoxy groups -OCH3 is 4. The summed E-state index contributed by atoms with van der Waals surface area (Å²) in [5.41, 5.74) is 2.28. The third kappa shape index (κ3) is 5.19. The summed E-state index contributed by atoms with van der Waals surface area (Å²) < 4.78 is 21.1. The highest BCUT2D eigenvalue weighted by Gasteiger charge is 2.30. The molecule has 168 valence electrons. The maximum atomic E-state index is 13.0. The summed E-state index contributed by atoms with van der Waals surface area (Å²) in [6.07, 6.45) is 6.99. The summed E-state index contributed by atoms with van der Waals surface area (Å²) in [7, 11) is 6.27. The van der Waals surface area contributed by atoms with Crippen LogP contribution in [-0.4, -0.2) is 40.0 Å². The van der Waals surface area contributed by atoms with Crippen LogP contribution < -0.4 is 18.9 Å². The lowest BCUT2D eigenvalue weighted by molar-refractivity contribution is -0.129. The number of benzene rings is 2. The number of Topliss-reactive ketones (excluding diaryl/α,β-unsaturated/α-hetero) is 1. The van der Waals surface area contributed by atoms with Gasteiger partial charge in [-0.05, 0) is 72.4 Å². The Hall–Kier alpha value is -3.54. The third-order valence-electron chi connectivity index (χ3n) is 5.51. The molecule has 0 aromatic heterocycles. The number of hydrogen-bond donors (Lipinski definition) is 0. The first-order valence-corrected chi connectivity index (χ1v) is 10.4. The van der Waals surface area contributed by atoms with Crippen molar-refractivity contribution in [3.63, 3.8) is 0 Å². The molecule has 1 unspecified atom stereocenters. The molecule has 0 heterocycles. The maximum absolute atomic E-state index is 13.0. The van der Waals surface area contributed by atoms with Gasteiger partial charge in [0.15, 0.2) is 34.6 Å². The van der Waals surface area contributed by atoms with Gasteiger partial charge in [-0.15, -0.1) is 0 Å². The fourth-order valence-electron chi connectivity index (χ4n) is 3.78. The van der Waals surface area contributed by atoms with E-state index >= 15 is 0 Å². The van der Waals surface area contributed by atoms with Crippen LogP contribution in [0.1, 0.15) is 30.4 Å². The van der Waals surface area contributed by atoms with E-state index in [0.29, 0.717) is 41.4 Å². The Bertz CT molecular complexity index is 1050. The lowest BCUT2D eigenvalue weighted by Crippen LogP contribution is -2.27. The van der Waals surface area contributed by atoms with Crippen LogP contribution in [0.25, 0.3) is 12.2 Å². The second kappa shape index (κ2) is 10.7. The zero-order valence-electron chi connectivity index (χ0n) is 18.8. The Morgan fingerprint density at radius 3 is 2.00 bits per heavy atom. The molecule has 0 aliphatic heterocycles. The van der Waals surface area contributed by atoms with Crippen molar-refractivity contribution >= 4 is 23.7 Å². The van der Waals surface area contributed by atoms with Crippen LogP contribution in [0.15, 0.2) is 48.0 Å². The number of hydrogen-bond acceptors (Lipinski definition) is 6. The SMILES string of the molecule is COc1ccc(/C=C/C(=O)C2CCC/C(=C\c3ccc(OC)c(OC)c3)C2=O)cc1OC. The highest BCUT2D eigenvalue weighted by atomic mass is 16.5. The molecule has 32 heavy (non-hydrogen) atoms. The van der Waals surface area contributed by atoms with Gasteiger partial charge in [0.2, 0.25) is 0 Å². The predicted octanol–water partition coefficient (Wildman–Crippen LogP) is 4.76. The largest absolute Gasteiger partial charge is 0.493 e. The van der Waals surface area contributed by atoms with Crippen LogP contribution in [0.2, 0.25) is 0 Å². The van der Waals surface area contributed by atoms with Crippen molar-refractivity contribution < 1.29 is 28.5 Å². The third-order valence-corrected chi connectivity index (χ3v) is 5.51. The molecule has 1 fully saturated rings. The quantitative estimate of drug-likeness (QED) is 0.439. The molecule has 1 aliphatic carbocycles. The Kier molecular flexibility index (Phi) is 7.71. The van der Waals surface area contributed by atoms with Gasteiger partial charge in [0.25, 0.3) is 0 Å². The summed E-state index contributed by atoms with van der Waals surface area (Å²) in [6.45, 7) is 0. The Balaban J connectivity index is 1.76. The number of carbonyl (C=O) groups excluding carboxylic acids is 2. The van der Waals surface area contributed by atoms with Crippen LogP contribution in [-0.2, 0) is 9.59 Å². The van der Waals surface area contributed by atoms with E-state index in [1.165, 1.54) is 6.08 Å². The first-order chi connectivity index (χ1) is 15.5. The summed E-state index contributed by atoms with van der Waals surface area (Å²) in [4.78, 5) is 25.8. The van der Waals surface area contributed by atoms with E-state index in [2.05, 4.69) is 0 Å². The zero-order valence-corrected chi connectivity index (χ0v) is 18.8. The summed E-state index contributed by atoms with van der Waals surface area (Å²) in [5, 5.41) is 0. The van der Waals surface area contributed by atoms with Gasteiger partial charge >= 0.3 is 0 Å². The standard InChI is InChI=1S/C26H28O6/c1-29-22-12-9-17(15-24(22)31-3)8-11-21(27)20-7-5-6-19(26(20)28)14-18-10-13-23(30-2)25(16-18)32-4/h8-16,20H,5-7H2,1-4H3/b11-8+,19-14+. The molecule has 0 radical (unpaired) electrons. The van der Waals surface area contributed by atoms with Crippen LogP contribution in [0.4, 0.5) is 0 Å². The highest BCUT2D eigenvalue weighted by molar-refractivity contribution is 6.16. The Morgan fingerprint density at radius 1 is 0.844 bits per heavy atom. The molecule has 0 saturated heterocycles. The minimum atomic E-state index is -0.661. The molecule has 1 saturated carbocycles. The summed E-state index contributed by atoms with van der Waals surface area (Å²) in [5.74, 6) is 1.44. The van der Waals surface area contributed by atoms with E-state index in [-0.39, 0.29) is 11.6 Å². The molecule has 6 heteroatoms. The van der Waals surface area contributed by atoms with E-state index in [4.69, 9.17) is 18.9 Å². The summed E-state index contributed by atoms with van der Waals surface area (Å²) in [6, 6.07) is 10.9. The molecule has 6 nitrogen and oxygen atoms in total. The average Bonchev–Trinajstić information content (AvgIpc) is 2.83. The van der Waals surface area contributed by atoms with Gasteiger partial charge in [0, 0.05) is 0 Å². The molecule has 1 atom stereocenters. The second-order valence-corrected chi connectivity index (χ2v) is 7.44. The Morgan fingerprint density at radius 2 is 1.41 bits per heavy atom. The van der Waals surface area contributed by atoms with Crippen LogP contribution in [0.5, 0.6) is 23.0 Å². The number of rotatable bonds is 8. The van der Waals surface area contributed by atoms with Crippen molar-refractivity contribution in [2.24, 2.45) is 5.92 Å². The van der Waals surface area contributed by atoms with Crippen molar-refractivity contribution in [3.8, 4) is 23.0 Å². The first kappa shape index (κ1) is 23.1. The van der Waals surface area contributed by atoms with Crippen molar-refractivity contribution in [2.75, 3.05) is 28.4 Å². The van der Waals surface area contributed by atoms with Gasteiger partial charge in [-0.25, -0.2) is 0 Å². The first-order valence-electron chi connectivity index (χ1n) is 10.4. The predicted molar refractivity (Wildman–Crippen MR) is 123 cm³/mol. The van der Waals surface area contributed by atoms with Crippen LogP contribution in [0, 0.1) is 5.92 Å². The monoisotopic (exact) mass is 436 g/mol. The topological polar surface area (TPSA) is 71.1 Å². The molecule has 1 aliphatic rings. The minimum absolute atomic E-state index is 0.118.